The third-order valence-electron chi connectivity index (χ3n) is 5.04. The van der Waals surface area contributed by atoms with Gasteiger partial charge in [-0.25, -0.2) is 9.38 Å². The smallest absolute Gasteiger partial charge is 0.251 e. The SMILES string of the molecule is CCNC(=O)c1cccc(CN=C(NCC)N2CCN(c3ccc(F)cc3)CC2)c1.I. The van der Waals surface area contributed by atoms with Gasteiger partial charge in [-0.2, -0.15) is 0 Å². The number of halogens is 2. The van der Waals surface area contributed by atoms with Crippen molar-refractivity contribution in [2.75, 3.05) is 44.2 Å². The Labute approximate surface area is 200 Å². The molecule has 0 unspecified atom stereocenters. The summed E-state index contributed by atoms with van der Waals surface area (Å²) in [6.45, 7) is 9.24. The van der Waals surface area contributed by atoms with Gasteiger partial charge in [0, 0.05) is 50.5 Å². The Morgan fingerprint density at radius 1 is 1.00 bits per heavy atom. The molecule has 2 aromatic carbocycles. The zero-order valence-electron chi connectivity index (χ0n) is 18.1. The molecule has 0 atom stereocenters. The lowest BCUT2D eigenvalue weighted by molar-refractivity contribution is 0.0955. The van der Waals surface area contributed by atoms with E-state index in [9.17, 15) is 9.18 Å². The van der Waals surface area contributed by atoms with Crippen LogP contribution in [0.15, 0.2) is 53.5 Å². The van der Waals surface area contributed by atoms with Crippen molar-refractivity contribution < 1.29 is 9.18 Å². The van der Waals surface area contributed by atoms with Crippen LogP contribution in [0.3, 0.4) is 0 Å². The van der Waals surface area contributed by atoms with E-state index in [0.717, 1.165) is 49.9 Å². The van der Waals surface area contributed by atoms with E-state index in [4.69, 9.17) is 4.99 Å². The molecule has 1 fully saturated rings. The molecule has 168 valence electrons. The average Bonchev–Trinajstić information content (AvgIpc) is 2.78. The summed E-state index contributed by atoms with van der Waals surface area (Å²) in [6.07, 6.45) is 0. The number of anilines is 1. The van der Waals surface area contributed by atoms with Crippen molar-refractivity contribution in [2.45, 2.75) is 20.4 Å². The van der Waals surface area contributed by atoms with Gasteiger partial charge in [-0.05, 0) is 55.8 Å². The Bertz CT molecular complexity index is 867. The molecular weight excluding hydrogens is 508 g/mol. The Morgan fingerprint density at radius 2 is 1.68 bits per heavy atom. The minimum atomic E-state index is -0.213. The minimum absolute atomic E-state index is 0. The molecule has 1 amide bonds. The van der Waals surface area contributed by atoms with Crippen molar-refractivity contribution >= 4 is 41.5 Å². The lowest BCUT2D eigenvalue weighted by atomic mass is 10.1. The Morgan fingerprint density at radius 3 is 2.32 bits per heavy atom. The largest absolute Gasteiger partial charge is 0.368 e. The second-order valence-electron chi connectivity index (χ2n) is 7.18. The molecule has 1 aliphatic heterocycles. The number of carbonyl (C=O) groups is 1. The Balaban J connectivity index is 0.00000341. The molecule has 3 rings (SSSR count). The van der Waals surface area contributed by atoms with Gasteiger partial charge >= 0.3 is 0 Å². The van der Waals surface area contributed by atoms with E-state index in [1.54, 1.807) is 0 Å². The zero-order valence-corrected chi connectivity index (χ0v) is 20.4. The van der Waals surface area contributed by atoms with Crippen LogP contribution in [0, 0.1) is 5.82 Å². The van der Waals surface area contributed by atoms with Crippen molar-refractivity contribution in [1.29, 1.82) is 0 Å². The second kappa shape index (κ2) is 12.5. The molecule has 31 heavy (non-hydrogen) atoms. The van der Waals surface area contributed by atoms with Crippen LogP contribution in [0.25, 0.3) is 0 Å². The first kappa shape index (κ1) is 24.9. The lowest BCUT2D eigenvalue weighted by Gasteiger charge is -2.37. The van der Waals surface area contributed by atoms with Crippen LogP contribution in [0.1, 0.15) is 29.8 Å². The molecule has 2 aromatic rings. The van der Waals surface area contributed by atoms with Gasteiger partial charge in [0.25, 0.3) is 5.91 Å². The number of aliphatic imine (C=N–C) groups is 1. The molecular formula is C23H31FIN5O. The van der Waals surface area contributed by atoms with Gasteiger partial charge in [0.05, 0.1) is 6.54 Å². The molecule has 1 aliphatic rings. The number of nitrogens with zero attached hydrogens (tertiary/aromatic N) is 3. The molecule has 0 aromatic heterocycles. The number of piperazine rings is 1. The monoisotopic (exact) mass is 539 g/mol. The summed E-state index contributed by atoms with van der Waals surface area (Å²) in [4.78, 5) is 21.4. The maximum Gasteiger partial charge on any atom is 0.251 e. The Hall–Kier alpha value is -2.36. The van der Waals surface area contributed by atoms with Gasteiger partial charge in [0.1, 0.15) is 5.82 Å². The molecule has 0 radical (unpaired) electrons. The number of carbonyl (C=O) groups excluding carboxylic acids is 1. The van der Waals surface area contributed by atoms with Crippen LogP contribution in [-0.4, -0.2) is 56.0 Å². The summed E-state index contributed by atoms with van der Waals surface area (Å²) >= 11 is 0. The lowest BCUT2D eigenvalue weighted by Crippen LogP contribution is -2.52. The van der Waals surface area contributed by atoms with Gasteiger partial charge in [0.2, 0.25) is 0 Å². The van der Waals surface area contributed by atoms with Crippen LogP contribution in [0.2, 0.25) is 0 Å². The number of guanidine groups is 1. The van der Waals surface area contributed by atoms with E-state index in [-0.39, 0.29) is 35.7 Å². The van der Waals surface area contributed by atoms with E-state index in [0.29, 0.717) is 18.7 Å². The highest BCUT2D eigenvalue weighted by Gasteiger charge is 2.20. The number of benzene rings is 2. The number of hydrogen-bond acceptors (Lipinski definition) is 3. The highest BCUT2D eigenvalue weighted by atomic mass is 127. The van der Waals surface area contributed by atoms with Gasteiger partial charge in [-0.3, -0.25) is 4.79 Å². The zero-order chi connectivity index (χ0) is 21.3. The van der Waals surface area contributed by atoms with Crippen LogP contribution in [-0.2, 0) is 6.54 Å². The predicted molar refractivity (Wildman–Crippen MR) is 135 cm³/mol. The van der Waals surface area contributed by atoms with Crippen LogP contribution in [0.5, 0.6) is 0 Å². The summed E-state index contributed by atoms with van der Waals surface area (Å²) in [5, 5.41) is 6.20. The molecule has 1 heterocycles. The van der Waals surface area contributed by atoms with Crippen molar-refractivity contribution in [3.63, 3.8) is 0 Å². The molecule has 1 saturated heterocycles. The summed E-state index contributed by atoms with van der Waals surface area (Å²) in [7, 11) is 0. The summed E-state index contributed by atoms with van der Waals surface area (Å²) in [6, 6.07) is 14.2. The fraction of sp³-hybridized carbons (Fsp3) is 0.391. The van der Waals surface area contributed by atoms with E-state index in [1.165, 1.54) is 12.1 Å². The quantitative estimate of drug-likeness (QED) is 0.336. The number of amides is 1. The maximum absolute atomic E-state index is 13.2. The summed E-state index contributed by atoms with van der Waals surface area (Å²) < 4.78 is 13.2. The van der Waals surface area contributed by atoms with Crippen molar-refractivity contribution in [2.24, 2.45) is 4.99 Å². The highest BCUT2D eigenvalue weighted by molar-refractivity contribution is 14.0. The van der Waals surface area contributed by atoms with Gasteiger partial charge in [-0.1, -0.05) is 12.1 Å². The van der Waals surface area contributed by atoms with Crippen molar-refractivity contribution in [3.05, 3.63) is 65.5 Å². The fourth-order valence-electron chi connectivity index (χ4n) is 3.49. The molecule has 8 heteroatoms. The van der Waals surface area contributed by atoms with Crippen LogP contribution in [0.4, 0.5) is 10.1 Å². The van der Waals surface area contributed by atoms with Crippen molar-refractivity contribution in [1.82, 2.24) is 15.5 Å². The van der Waals surface area contributed by atoms with Gasteiger partial charge in [0.15, 0.2) is 5.96 Å². The topological polar surface area (TPSA) is 60.0 Å². The first-order valence-corrected chi connectivity index (χ1v) is 10.5. The van der Waals surface area contributed by atoms with E-state index in [2.05, 4.69) is 27.4 Å². The molecule has 6 nitrogen and oxygen atoms in total. The maximum atomic E-state index is 13.2. The molecule has 0 bridgehead atoms. The van der Waals surface area contributed by atoms with Gasteiger partial charge < -0.3 is 20.4 Å². The van der Waals surface area contributed by atoms with Crippen LogP contribution < -0.4 is 15.5 Å². The van der Waals surface area contributed by atoms with Crippen LogP contribution >= 0.6 is 24.0 Å². The summed E-state index contributed by atoms with van der Waals surface area (Å²) in [5.74, 6) is 0.599. The first-order chi connectivity index (χ1) is 14.6. The number of rotatable bonds is 6. The molecule has 0 spiro atoms. The minimum Gasteiger partial charge on any atom is -0.368 e. The molecule has 0 saturated carbocycles. The second-order valence-corrected chi connectivity index (χ2v) is 7.18. The van der Waals surface area contributed by atoms with E-state index >= 15 is 0 Å². The van der Waals surface area contributed by atoms with E-state index in [1.807, 2.05) is 43.3 Å². The van der Waals surface area contributed by atoms with Crippen molar-refractivity contribution in [3.8, 4) is 0 Å². The van der Waals surface area contributed by atoms with Gasteiger partial charge in [-0.15, -0.1) is 24.0 Å². The molecule has 0 aliphatic carbocycles. The number of nitrogens with one attached hydrogen (secondary N) is 2. The standard InChI is InChI=1S/C23H30FN5O.HI/c1-3-25-22(30)19-7-5-6-18(16-19)17-27-23(26-4-2)29-14-12-28(13-15-29)21-10-8-20(24)9-11-21;/h5-11,16H,3-4,12-15,17H2,1-2H3,(H,25,30)(H,26,27);1H. The average molecular weight is 539 g/mol. The normalized spacial score (nSPS) is 14.1. The highest BCUT2D eigenvalue weighted by Crippen LogP contribution is 2.17. The first-order valence-electron chi connectivity index (χ1n) is 10.5. The summed E-state index contributed by atoms with van der Waals surface area (Å²) in [5.41, 5.74) is 2.70. The predicted octanol–water partition coefficient (Wildman–Crippen LogP) is 3.48. The fourth-order valence-corrected chi connectivity index (χ4v) is 3.49. The Kier molecular flexibility index (Phi) is 10.0. The third kappa shape index (κ3) is 7.09. The third-order valence-corrected chi connectivity index (χ3v) is 5.04. The van der Waals surface area contributed by atoms with E-state index < -0.39 is 0 Å². The number of hydrogen-bond donors (Lipinski definition) is 2. The molecule has 2 N–H and O–H groups in total.